The van der Waals surface area contributed by atoms with E-state index < -0.39 is 11.9 Å². The molecule has 0 bridgehead atoms. The second-order valence-corrected chi connectivity index (χ2v) is 9.56. The molecule has 0 N–H and O–H groups in total. The van der Waals surface area contributed by atoms with Crippen molar-refractivity contribution in [2.75, 3.05) is 0 Å². The van der Waals surface area contributed by atoms with E-state index in [2.05, 4.69) is 27.7 Å². The molecule has 0 aliphatic rings. The summed E-state index contributed by atoms with van der Waals surface area (Å²) in [6.45, 7) is 9.06. The maximum Gasteiger partial charge on any atom is 0.0414 e. The quantitative estimate of drug-likeness (QED) is 0.160. The van der Waals surface area contributed by atoms with Crippen molar-refractivity contribution in [2.24, 2.45) is 11.8 Å². The molecule has 31 heavy (non-hydrogen) atoms. The zero-order valence-electron chi connectivity index (χ0n) is 20.8. The van der Waals surface area contributed by atoms with Crippen LogP contribution in [0, 0.1) is 11.8 Å². The van der Waals surface area contributed by atoms with Gasteiger partial charge in [-0.25, -0.2) is 0 Å². The van der Waals surface area contributed by atoms with Gasteiger partial charge in [0.2, 0.25) is 0 Å². The standard InChI is InChI=1S/2C13H26O2.Cu/c2*1-12(2)10-8-6-4-3-5-7-9-11-13(14)15;/h2*12H,3-11H2,1-2H3,(H,14,15);/p-2. The molecule has 4 nitrogen and oxygen atoms in total. The van der Waals surface area contributed by atoms with E-state index in [0.29, 0.717) is 0 Å². The fourth-order valence-electron chi connectivity index (χ4n) is 3.41. The monoisotopic (exact) mass is 489 g/mol. The van der Waals surface area contributed by atoms with E-state index in [1.165, 1.54) is 77.0 Å². The summed E-state index contributed by atoms with van der Waals surface area (Å²) in [6.07, 6.45) is 19.6. The van der Waals surface area contributed by atoms with Crippen LogP contribution >= 0.6 is 0 Å². The van der Waals surface area contributed by atoms with Crippen molar-refractivity contribution < 1.29 is 36.9 Å². The molecule has 0 aromatic rings. The van der Waals surface area contributed by atoms with E-state index in [0.717, 1.165) is 37.5 Å². The first-order valence-electron chi connectivity index (χ1n) is 12.6. The molecule has 0 atom stereocenters. The van der Waals surface area contributed by atoms with Crippen molar-refractivity contribution >= 4 is 11.9 Å². The third-order valence-corrected chi connectivity index (χ3v) is 5.32. The Morgan fingerprint density at radius 1 is 0.484 bits per heavy atom. The second kappa shape index (κ2) is 27.5. The molecule has 0 aliphatic carbocycles. The van der Waals surface area contributed by atoms with Gasteiger partial charge in [-0.1, -0.05) is 118 Å². The number of carboxylic acid groups (broad SMARTS) is 2. The topological polar surface area (TPSA) is 80.3 Å². The molecule has 0 fully saturated rings. The Bertz CT molecular complexity index is 348. The maximum atomic E-state index is 10.1. The van der Waals surface area contributed by atoms with Crippen LogP contribution in [0.15, 0.2) is 0 Å². The van der Waals surface area contributed by atoms with Crippen LogP contribution in [0.5, 0.6) is 0 Å². The van der Waals surface area contributed by atoms with Crippen LogP contribution in [0.3, 0.4) is 0 Å². The summed E-state index contributed by atoms with van der Waals surface area (Å²) >= 11 is 0. The number of carboxylic acids is 2. The van der Waals surface area contributed by atoms with Gasteiger partial charge in [-0.15, -0.1) is 0 Å². The average molecular weight is 490 g/mol. The van der Waals surface area contributed by atoms with Gasteiger partial charge in [0.05, 0.1) is 0 Å². The summed E-state index contributed by atoms with van der Waals surface area (Å²) < 4.78 is 0. The van der Waals surface area contributed by atoms with Gasteiger partial charge in [-0.05, 0) is 37.5 Å². The minimum absolute atomic E-state index is 0. The number of unbranched alkanes of at least 4 members (excludes halogenated alkanes) is 12. The molecule has 0 aromatic carbocycles. The summed E-state index contributed by atoms with van der Waals surface area (Å²) in [5.41, 5.74) is 0. The average Bonchev–Trinajstić information content (AvgIpc) is 2.65. The molecule has 0 unspecified atom stereocenters. The van der Waals surface area contributed by atoms with Crippen molar-refractivity contribution in [3.05, 3.63) is 0 Å². The van der Waals surface area contributed by atoms with Crippen LogP contribution < -0.4 is 10.2 Å². The van der Waals surface area contributed by atoms with Crippen LogP contribution in [0.1, 0.15) is 143 Å². The van der Waals surface area contributed by atoms with Crippen molar-refractivity contribution in [3.8, 4) is 0 Å². The predicted octanol–water partition coefficient (Wildman–Crippen LogP) is 5.80. The molecule has 0 amide bonds. The van der Waals surface area contributed by atoms with E-state index in [1.54, 1.807) is 0 Å². The van der Waals surface area contributed by atoms with Crippen molar-refractivity contribution in [3.63, 3.8) is 0 Å². The normalized spacial score (nSPS) is 10.5. The van der Waals surface area contributed by atoms with E-state index in [1.807, 2.05) is 0 Å². The van der Waals surface area contributed by atoms with Gasteiger partial charge in [0.1, 0.15) is 0 Å². The zero-order chi connectivity index (χ0) is 23.0. The third kappa shape index (κ3) is 40.4. The van der Waals surface area contributed by atoms with Gasteiger partial charge in [-0.2, -0.15) is 0 Å². The van der Waals surface area contributed by atoms with Gasteiger partial charge in [0.15, 0.2) is 0 Å². The Morgan fingerprint density at radius 3 is 0.935 bits per heavy atom. The smallest absolute Gasteiger partial charge is 0.0414 e. The molecule has 1 radical (unpaired) electrons. The maximum absolute atomic E-state index is 10.1. The predicted molar refractivity (Wildman–Crippen MR) is 123 cm³/mol. The van der Waals surface area contributed by atoms with Crippen molar-refractivity contribution in [2.45, 2.75) is 143 Å². The van der Waals surface area contributed by atoms with Gasteiger partial charge in [0, 0.05) is 29.0 Å². The number of carbonyl (C=O) groups excluding carboxylic acids is 2. The Morgan fingerprint density at radius 2 is 0.710 bits per heavy atom. The van der Waals surface area contributed by atoms with Gasteiger partial charge in [0.25, 0.3) is 0 Å². The van der Waals surface area contributed by atoms with Crippen LogP contribution in [0.25, 0.3) is 0 Å². The van der Waals surface area contributed by atoms with Gasteiger partial charge < -0.3 is 19.8 Å². The largest absolute Gasteiger partial charge is 0.550 e. The van der Waals surface area contributed by atoms with E-state index in [4.69, 9.17) is 0 Å². The SMILES string of the molecule is CC(C)CCCCCCCCCC(=O)[O-].CC(C)CCCCCCCCCC(=O)[O-].[Cu]. The Balaban J connectivity index is -0.000000490. The molecule has 0 aliphatic heterocycles. The Kier molecular flexibility index (Phi) is 31.1. The molecule has 0 rings (SSSR count). The number of hydrogen-bond donors (Lipinski definition) is 0. The minimum atomic E-state index is -0.910. The fraction of sp³-hybridized carbons (Fsp3) is 0.923. The first kappa shape index (κ1) is 35.1. The minimum Gasteiger partial charge on any atom is -0.550 e. The summed E-state index contributed by atoms with van der Waals surface area (Å²) in [5.74, 6) is -0.167. The molecule has 0 saturated carbocycles. The molecule has 191 valence electrons. The molecule has 0 saturated heterocycles. The molecule has 0 spiro atoms. The number of aliphatic carboxylic acids is 2. The summed E-state index contributed by atoms with van der Waals surface area (Å²) in [7, 11) is 0. The summed E-state index contributed by atoms with van der Waals surface area (Å²) in [4.78, 5) is 20.3. The van der Waals surface area contributed by atoms with E-state index in [-0.39, 0.29) is 29.9 Å². The molecular weight excluding hydrogens is 440 g/mol. The van der Waals surface area contributed by atoms with Crippen molar-refractivity contribution in [1.82, 2.24) is 0 Å². The molecule has 0 heterocycles. The Labute approximate surface area is 203 Å². The first-order valence-corrected chi connectivity index (χ1v) is 12.6. The first-order chi connectivity index (χ1) is 14.3. The van der Waals surface area contributed by atoms with Gasteiger partial charge in [-0.3, -0.25) is 0 Å². The number of rotatable bonds is 20. The second-order valence-electron chi connectivity index (χ2n) is 9.56. The van der Waals surface area contributed by atoms with E-state index in [9.17, 15) is 19.8 Å². The van der Waals surface area contributed by atoms with Crippen LogP contribution in [-0.2, 0) is 26.7 Å². The number of hydrogen-bond acceptors (Lipinski definition) is 4. The fourth-order valence-corrected chi connectivity index (χ4v) is 3.41. The summed E-state index contributed by atoms with van der Waals surface area (Å²) in [6, 6.07) is 0. The van der Waals surface area contributed by atoms with Gasteiger partial charge >= 0.3 is 0 Å². The summed E-state index contributed by atoms with van der Waals surface area (Å²) in [5, 5.41) is 20.3. The van der Waals surface area contributed by atoms with Crippen LogP contribution in [0.4, 0.5) is 0 Å². The molecule has 0 aromatic heterocycles. The number of carbonyl (C=O) groups is 2. The van der Waals surface area contributed by atoms with E-state index >= 15 is 0 Å². The Hall–Kier alpha value is -0.541. The third-order valence-electron chi connectivity index (χ3n) is 5.32. The molecule has 5 heteroatoms. The zero-order valence-corrected chi connectivity index (χ0v) is 21.8. The van der Waals surface area contributed by atoms with Crippen molar-refractivity contribution in [1.29, 1.82) is 0 Å². The van der Waals surface area contributed by atoms with Crippen LogP contribution in [-0.4, -0.2) is 11.9 Å². The molecular formula is C26H50CuO4-2. The van der Waals surface area contributed by atoms with Crippen LogP contribution in [0.2, 0.25) is 0 Å².